The first-order valence-corrected chi connectivity index (χ1v) is 6.83. The second-order valence-electron chi connectivity index (χ2n) is 5.98. The van der Waals surface area contributed by atoms with Gasteiger partial charge in [-0.15, -0.1) is 0 Å². The first-order chi connectivity index (χ1) is 8.61. The van der Waals surface area contributed by atoms with Gasteiger partial charge in [-0.3, -0.25) is 0 Å². The van der Waals surface area contributed by atoms with E-state index in [1.54, 1.807) is 0 Å². The molecule has 4 unspecified atom stereocenters. The predicted octanol–water partition coefficient (Wildman–Crippen LogP) is 3.79. The van der Waals surface area contributed by atoms with E-state index in [2.05, 4.69) is 0 Å². The Labute approximate surface area is 106 Å². The summed E-state index contributed by atoms with van der Waals surface area (Å²) in [5.74, 6) is 1.28. The molecule has 0 amide bonds. The van der Waals surface area contributed by atoms with E-state index in [1.165, 1.54) is 37.8 Å². The highest BCUT2D eigenvalue weighted by molar-refractivity contribution is 5.21. The molecule has 2 saturated carbocycles. The van der Waals surface area contributed by atoms with Crippen LogP contribution in [-0.2, 0) is 0 Å². The average molecular weight is 251 g/mol. The summed E-state index contributed by atoms with van der Waals surface area (Å²) in [5.41, 5.74) is 6.70. The Morgan fingerprint density at radius 2 is 1.83 bits per heavy atom. The van der Waals surface area contributed by atoms with Gasteiger partial charge in [0.05, 0.1) is 0 Å². The van der Waals surface area contributed by atoms with Crippen molar-refractivity contribution in [3.8, 4) is 0 Å². The van der Waals surface area contributed by atoms with Crippen LogP contribution < -0.4 is 5.73 Å². The van der Waals surface area contributed by atoms with Crippen molar-refractivity contribution in [1.82, 2.24) is 0 Å². The van der Waals surface area contributed by atoms with Gasteiger partial charge in [0.15, 0.2) is 0 Å². The predicted molar refractivity (Wildman–Crippen MR) is 66.8 cm³/mol. The number of nitrogens with two attached hydrogens (primary N) is 1. The van der Waals surface area contributed by atoms with Gasteiger partial charge in [-0.05, 0) is 61.1 Å². The van der Waals surface area contributed by atoms with Crippen molar-refractivity contribution in [3.63, 3.8) is 0 Å². The Kier molecular flexibility index (Phi) is 3.10. The van der Waals surface area contributed by atoms with Gasteiger partial charge in [-0.2, -0.15) is 0 Å². The van der Waals surface area contributed by atoms with E-state index >= 15 is 0 Å². The Morgan fingerprint density at radius 3 is 2.39 bits per heavy atom. The molecule has 4 atom stereocenters. The van der Waals surface area contributed by atoms with Crippen LogP contribution in [0.4, 0.5) is 8.78 Å². The molecule has 0 aromatic heterocycles. The average Bonchev–Trinajstić information content (AvgIpc) is 2.89. The second kappa shape index (κ2) is 4.61. The molecule has 2 aliphatic rings. The molecule has 1 nitrogen and oxygen atoms in total. The maximum Gasteiger partial charge on any atom is 0.126 e. The van der Waals surface area contributed by atoms with E-state index in [9.17, 15) is 8.78 Å². The molecule has 0 aliphatic heterocycles. The van der Waals surface area contributed by atoms with Gasteiger partial charge in [0.25, 0.3) is 0 Å². The van der Waals surface area contributed by atoms with E-state index in [0.717, 1.165) is 24.3 Å². The Morgan fingerprint density at radius 1 is 1.11 bits per heavy atom. The van der Waals surface area contributed by atoms with Crippen LogP contribution in [0.1, 0.15) is 43.7 Å². The number of hydrogen-bond donors (Lipinski definition) is 1. The van der Waals surface area contributed by atoms with Crippen LogP contribution in [0.2, 0.25) is 0 Å². The minimum atomic E-state index is -0.534. The molecule has 2 N–H and O–H groups in total. The highest BCUT2D eigenvalue weighted by Crippen LogP contribution is 2.50. The molecule has 2 fully saturated rings. The molecule has 1 aromatic rings. The van der Waals surface area contributed by atoms with Gasteiger partial charge in [-0.25, -0.2) is 8.78 Å². The summed E-state index contributed by atoms with van der Waals surface area (Å²) in [5, 5.41) is 0. The summed E-state index contributed by atoms with van der Waals surface area (Å²) < 4.78 is 26.3. The summed E-state index contributed by atoms with van der Waals surface area (Å²) >= 11 is 0. The van der Waals surface area contributed by atoms with Crippen molar-refractivity contribution in [1.29, 1.82) is 0 Å². The molecule has 3 rings (SSSR count). The molecule has 98 valence electrons. The number of benzene rings is 1. The van der Waals surface area contributed by atoms with Crippen LogP contribution >= 0.6 is 0 Å². The van der Waals surface area contributed by atoms with E-state index < -0.39 is 11.6 Å². The normalized spacial score (nSPS) is 31.8. The van der Waals surface area contributed by atoms with Crippen molar-refractivity contribution < 1.29 is 8.78 Å². The van der Waals surface area contributed by atoms with Crippen LogP contribution in [0, 0.1) is 29.4 Å². The minimum Gasteiger partial charge on any atom is -0.324 e. The van der Waals surface area contributed by atoms with E-state index in [4.69, 9.17) is 5.73 Å². The van der Waals surface area contributed by atoms with Crippen LogP contribution in [0.15, 0.2) is 18.2 Å². The van der Waals surface area contributed by atoms with Gasteiger partial charge in [0.2, 0.25) is 0 Å². The monoisotopic (exact) mass is 251 g/mol. The lowest BCUT2D eigenvalue weighted by Crippen LogP contribution is -2.19. The van der Waals surface area contributed by atoms with E-state index in [-0.39, 0.29) is 6.04 Å². The van der Waals surface area contributed by atoms with Crippen LogP contribution in [0.5, 0.6) is 0 Å². The third kappa shape index (κ3) is 2.28. The zero-order chi connectivity index (χ0) is 12.7. The number of fused-ring (bicyclic) bond motifs is 2. The highest BCUT2D eigenvalue weighted by Gasteiger charge is 2.39. The summed E-state index contributed by atoms with van der Waals surface area (Å²) in [4.78, 5) is 0. The van der Waals surface area contributed by atoms with Gasteiger partial charge < -0.3 is 5.73 Å². The molecular weight excluding hydrogens is 232 g/mol. The SMILES string of the molecule is NC(CC1CC2CCC1C2)c1cc(F)cc(F)c1. The molecule has 1 aromatic carbocycles. The molecule has 18 heavy (non-hydrogen) atoms. The molecule has 2 aliphatic carbocycles. The molecule has 0 saturated heterocycles. The van der Waals surface area contributed by atoms with Crippen molar-refractivity contribution in [2.45, 2.75) is 38.1 Å². The smallest absolute Gasteiger partial charge is 0.126 e. The fourth-order valence-corrected chi connectivity index (χ4v) is 3.92. The summed E-state index contributed by atoms with van der Waals surface area (Å²) in [7, 11) is 0. The maximum atomic E-state index is 13.2. The van der Waals surface area contributed by atoms with Crippen molar-refractivity contribution in [2.75, 3.05) is 0 Å². The number of rotatable bonds is 3. The fourth-order valence-electron chi connectivity index (χ4n) is 3.92. The number of halogens is 2. The van der Waals surface area contributed by atoms with Crippen LogP contribution in [-0.4, -0.2) is 0 Å². The third-order valence-electron chi connectivity index (χ3n) is 4.75. The zero-order valence-electron chi connectivity index (χ0n) is 10.4. The summed E-state index contributed by atoms with van der Waals surface area (Å²) in [6.07, 6.45) is 6.15. The Hall–Kier alpha value is -0.960. The lowest BCUT2D eigenvalue weighted by atomic mass is 9.83. The summed E-state index contributed by atoms with van der Waals surface area (Å²) in [6.45, 7) is 0. The highest BCUT2D eigenvalue weighted by atomic mass is 19.1. The molecule has 3 heteroatoms. The van der Waals surface area contributed by atoms with Gasteiger partial charge in [0.1, 0.15) is 11.6 Å². The van der Waals surface area contributed by atoms with Gasteiger partial charge in [-0.1, -0.05) is 6.42 Å². The third-order valence-corrected chi connectivity index (χ3v) is 4.75. The molecule has 0 spiro atoms. The standard InChI is InChI=1S/C15H19F2N/c16-13-5-12(6-14(17)8-13)15(18)7-11-4-9-1-2-10(11)3-9/h5-6,8-11,15H,1-4,7,18H2. The quantitative estimate of drug-likeness (QED) is 0.869. The second-order valence-corrected chi connectivity index (χ2v) is 5.98. The van der Waals surface area contributed by atoms with E-state index in [1.807, 2.05) is 0 Å². The molecular formula is C15H19F2N. The van der Waals surface area contributed by atoms with Crippen molar-refractivity contribution in [3.05, 3.63) is 35.4 Å². The van der Waals surface area contributed by atoms with Crippen LogP contribution in [0.25, 0.3) is 0 Å². The summed E-state index contributed by atoms with van der Waals surface area (Å²) in [6, 6.07) is 3.38. The first kappa shape index (κ1) is 12.1. The van der Waals surface area contributed by atoms with Gasteiger partial charge in [0, 0.05) is 12.1 Å². The van der Waals surface area contributed by atoms with Crippen molar-refractivity contribution in [2.24, 2.45) is 23.5 Å². The minimum absolute atomic E-state index is 0.237. The zero-order valence-corrected chi connectivity index (χ0v) is 10.4. The maximum absolute atomic E-state index is 13.2. The van der Waals surface area contributed by atoms with E-state index in [0.29, 0.717) is 11.5 Å². The molecule has 0 radical (unpaired) electrons. The molecule has 2 bridgehead atoms. The van der Waals surface area contributed by atoms with Crippen molar-refractivity contribution >= 4 is 0 Å². The largest absolute Gasteiger partial charge is 0.324 e. The lowest BCUT2D eigenvalue weighted by Gasteiger charge is -2.25. The lowest BCUT2D eigenvalue weighted by molar-refractivity contribution is 0.295. The van der Waals surface area contributed by atoms with Crippen LogP contribution in [0.3, 0.4) is 0 Å². The molecule has 0 heterocycles. The Balaban J connectivity index is 1.69. The first-order valence-electron chi connectivity index (χ1n) is 6.83. The number of hydrogen-bond acceptors (Lipinski definition) is 1. The fraction of sp³-hybridized carbons (Fsp3) is 0.600. The van der Waals surface area contributed by atoms with Gasteiger partial charge >= 0.3 is 0 Å². The Bertz CT molecular complexity index is 426. The topological polar surface area (TPSA) is 26.0 Å².